The Morgan fingerprint density at radius 2 is 1.90 bits per heavy atom. The summed E-state index contributed by atoms with van der Waals surface area (Å²) >= 11 is 6.01. The number of rotatable bonds is 2. The second kappa shape index (κ2) is 5.88. The average molecular weight is 291 g/mol. The Hall–Kier alpha value is -2.14. The summed E-state index contributed by atoms with van der Waals surface area (Å²) in [6, 6.07) is 6.68. The van der Waals surface area contributed by atoms with E-state index in [4.69, 9.17) is 11.6 Å². The third-order valence-electron chi connectivity index (χ3n) is 2.72. The maximum absolute atomic E-state index is 11.9. The van der Waals surface area contributed by atoms with Crippen LogP contribution in [0.2, 0.25) is 5.02 Å². The first-order valence-corrected chi connectivity index (χ1v) is 6.49. The number of nitrogens with zero attached hydrogens (tertiary/aromatic N) is 2. The molecule has 20 heavy (non-hydrogen) atoms. The first kappa shape index (κ1) is 14.3. The molecule has 0 fully saturated rings. The van der Waals surface area contributed by atoms with Gasteiger partial charge in [0.2, 0.25) is 0 Å². The molecule has 1 aromatic heterocycles. The quantitative estimate of drug-likeness (QED) is 0.886. The largest absolute Gasteiger partial charge is 0.324 e. The molecular formula is C14H15ClN4O. The van der Waals surface area contributed by atoms with E-state index in [1.54, 1.807) is 31.2 Å². The number of carbonyl (C=O) groups is 1. The Balaban J connectivity index is 2.11. The molecule has 5 nitrogen and oxygen atoms in total. The first-order valence-electron chi connectivity index (χ1n) is 6.11. The maximum atomic E-state index is 11.9. The second-order valence-corrected chi connectivity index (χ2v) is 4.84. The van der Waals surface area contributed by atoms with Gasteiger partial charge < -0.3 is 5.32 Å². The third kappa shape index (κ3) is 3.45. The Morgan fingerprint density at radius 3 is 2.60 bits per heavy atom. The normalized spacial score (nSPS) is 10.2. The predicted molar refractivity (Wildman–Crippen MR) is 80.3 cm³/mol. The molecular weight excluding hydrogens is 276 g/mol. The molecule has 0 aliphatic carbocycles. The summed E-state index contributed by atoms with van der Waals surface area (Å²) in [4.78, 5) is 20.2. The van der Waals surface area contributed by atoms with E-state index in [9.17, 15) is 4.79 Å². The van der Waals surface area contributed by atoms with Gasteiger partial charge in [0, 0.05) is 22.5 Å². The summed E-state index contributed by atoms with van der Waals surface area (Å²) in [7, 11) is 0. The number of amides is 2. The highest BCUT2D eigenvalue weighted by molar-refractivity contribution is 6.31. The summed E-state index contributed by atoms with van der Waals surface area (Å²) in [6.07, 6.45) is 0. The summed E-state index contributed by atoms with van der Waals surface area (Å²) in [6.45, 7) is 5.47. The fourth-order valence-electron chi connectivity index (χ4n) is 1.79. The molecule has 1 aromatic carbocycles. The van der Waals surface area contributed by atoms with Gasteiger partial charge >= 0.3 is 6.03 Å². The van der Waals surface area contributed by atoms with Crippen LogP contribution in [-0.4, -0.2) is 16.0 Å². The van der Waals surface area contributed by atoms with Gasteiger partial charge in [-0.1, -0.05) is 17.7 Å². The molecule has 0 aliphatic heterocycles. The standard InChI is InChI=1S/C14H15ClN4O/c1-8-7-13(17-10(3)16-8)19-14(20)18-12-6-4-5-11(15)9(12)2/h4-7H,1-3H3,(H2,16,17,18,19,20). The Morgan fingerprint density at radius 1 is 1.15 bits per heavy atom. The number of hydrogen-bond donors (Lipinski definition) is 2. The van der Waals surface area contributed by atoms with Crippen LogP contribution in [0, 0.1) is 20.8 Å². The van der Waals surface area contributed by atoms with E-state index in [1.807, 2.05) is 13.8 Å². The molecule has 1 heterocycles. The number of benzene rings is 1. The molecule has 2 N–H and O–H groups in total. The number of carbonyl (C=O) groups excluding carboxylic acids is 1. The lowest BCUT2D eigenvalue weighted by Crippen LogP contribution is -2.21. The molecule has 0 radical (unpaired) electrons. The van der Waals surface area contributed by atoms with Crippen molar-refractivity contribution in [1.82, 2.24) is 9.97 Å². The van der Waals surface area contributed by atoms with Crippen molar-refractivity contribution in [3.05, 3.63) is 46.4 Å². The zero-order chi connectivity index (χ0) is 14.7. The predicted octanol–water partition coefficient (Wildman–Crippen LogP) is 3.70. The minimum atomic E-state index is -0.368. The Labute approximate surface area is 122 Å². The van der Waals surface area contributed by atoms with Crippen LogP contribution in [0.4, 0.5) is 16.3 Å². The van der Waals surface area contributed by atoms with E-state index < -0.39 is 0 Å². The van der Waals surface area contributed by atoms with Gasteiger partial charge in [-0.3, -0.25) is 5.32 Å². The van der Waals surface area contributed by atoms with Gasteiger partial charge in [-0.25, -0.2) is 14.8 Å². The molecule has 0 spiro atoms. The van der Waals surface area contributed by atoms with E-state index in [0.717, 1.165) is 11.3 Å². The number of hydrogen-bond acceptors (Lipinski definition) is 3. The fourth-order valence-corrected chi connectivity index (χ4v) is 1.97. The number of urea groups is 1. The van der Waals surface area contributed by atoms with Crippen LogP contribution in [0.25, 0.3) is 0 Å². The van der Waals surface area contributed by atoms with E-state index in [-0.39, 0.29) is 6.03 Å². The van der Waals surface area contributed by atoms with E-state index in [1.165, 1.54) is 0 Å². The van der Waals surface area contributed by atoms with Gasteiger partial charge in [0.15, 0.2) is 0 Å². The van der Waals surface area contributed by atoms with Crippen molar-refractivity contribution in [2.45, 2.75) is 20.8 Å². The van der Waals surface area contributed by atoms with Crippen LogP contribution in [0.15, 0.2) is 24.3 Å². The van der Waals surface area contributed by atoms with Crippen LogP contribution >= 0.6 is 11.6 Å². The van der Waals surface area contributed by atoms with Crippen LogP contribution < -0.4 is 10.6 Å². The zero-order valence-electron chi connectivity index (χ0n) is 11.5. The summed E-state index contributed by atoms with van der Waals surface area (Å²) in [5.41, 5.74) is 2.28. The number of nitrogens with one attached hydrogen (secondary N) is 2. The molecule has 0 saturated carbocycles. The lowest BCUT2D eigenvalue weighted by Gasteiger charge is -2.10. The van der Waals surface area contributed by atoms with Gasteiger partial charge in [-0.05, 0) is 38.5 Å². The van der Waals surface area contributed by atoms with Crippen LogP contribution in [0.1, 0.15) is 17.1 Å². The lowest BCUT2D eigenvalue weighted by molar-refractivity contribution is 0.262. The third-order valence-corrected chi connectivity index (χ3v) is 3.13. The average Bonchev–Trinajstić information content (AvgIpc) is 2.33. The minimum absolute atomic E-state index is 0.368. The molecule has 104 valence electrons. The molecule has 0 atom stereocenters. The van der Waals surface area contributed by atoms with Crippen molar-refractivity contribution in [2.24, 2.45) is 0 Å². The van der Waals surface area contributed by atoms with Crippen molar-refractivity contribution in [2.75, 3.05) is 10.6 Å². The van der Waals surface area contributed by atoms with Crippen LogP contribution in [-0.2, 0) is 0 Å². The Kier molecular flexibility index (Phi) is 4.20. The van der Waals surface area contributed by atoms with E-state index in [0.29, 0.717) is 22.4 Å². The van der Waals surface area contributed by atoms with Crippen molar-refractivity contribution in [1.29, 1.82) is 0 Å². The van der Waals surface area contributed by atoms with E-state index >= 15 is 0 Å². The van der Waals surface area contributed by atoms with Crippen molar-refractivity contribution in [3.63, 3.8) is 0 Å². The van der Waals surface area contributed by atoms with Gasteiger partial charge in [0.05, 0.1) is 0 Å². The van der Waals surface area contributed by atoms with Crippen molar-refractivity contribution >= 4 is 29.1 Å². The zero-order valence-corrected chi connectivity index (χ0v) is 12.2. The highest BCUT2D eigenvalue weighted by Crippen LogP contribution is 2.23. The van der Waals surface area contributed by atoms with Crippen molar-refractivity contribution < 1.29 is 4.79 Å². The van der Waals surface area contributed by atoms with Crippen molar-refractivity contribution in [3.8, 4) is 0 Å². The second-order valence-electron chi connectivity index (χ2n) is 4.43. The lowest BCUT2D eigenvalue weighted by atomic mass is 10.2. The van der Waals surface area contributed by atoms with Crippen LogP contribution in [0.5, 0.6) is 0 Å². The molecule has 0 unspecified atom stereocenters. The highest BCUT2D eigenvalue weighted by atomic mass is 35.5. The summed E-state index contributed by atoms with van der Waals surface area (Å²) < 4.78 is 0. The molecule has 2 rings (SSSR count). The molecule has 0 bridgehead atoms. The number of halogens is 1. The summed E-state index contributed by atoms with van der Waals surface area (Å²) in [5, 5.41) is 6.03. The van der Waals surface area contributed by atoms with Gasteiger partial charge in [-0.15, -0.1) is 0 Å². The first-order chi connectivity index (χ1) is 9.45. The monoisotopic (exact) mass is 290 g/mol. The fraction of sp³-hybridized carbons (Fsp3) is 0.214. The van der Waals surface area contributed by atoms with Gasteiger partial charge in [-0.2, -0.15) is 0 Å². The van der Waals surface area contributed by atoms with E-state index in [2.05, 4.69) is 20.6 Å². The number of aromatic nitrogens is 2. The SMILES string of the molecule is Cc1cc(NC(=O)Nc2cccc(Cl)c2C)nc(C)n1. The van der Waals surface area contributed by atoms with Crippen LogP contribution in [0.3, 0.4) is 0 Å². The topological polar surface area (TPSA) is 66.9 Å². The molecule has 0 aliphatic rings. The smallest absolute Gasteiger partial charge is 0.307 e. The molecule has 6 heteroatoms. The van der Waals surface area contributed by atoms with Gasteiger partial charge in [0.25, 0.3) is 0 Å². The number of aryl methyl sites for hydroxylation is 2. The Bertz CT molecular complexity index is 637. The molecule has 0 saturated heterocycles. The molecule has 2 aromatic rings. The molecule has 2 amide bonds. The maximum Gasteiger partial charge on any atom is 0.324 e. The van der Waals surface area contributed by atoms with Gasteiger partial charge in [0.1, 0.15) is 11.6 Å². The summed E-state index contributed by atoms with van der Waals surface area (Å²) in [5.74, 6) is 1.08. The highest BCUT2D eigenvalue weighted by Gasteiger charge is 2.08. The number of anilines is 2. The minimum Gasteiger partial charge on any atom is -0.307 e.